The van der Waals surface area contributed by atoms with E-state index in [4.69, 9.17) is 0 Å². The monoisotopic (exact) mass is 192 g/mol. The molecule has 1 rings (SSSR count). The van der Waals surface area contributed by atoms with Gasteiger partial charge < -0.3 is 5.32 Å². The lowest BCUT2D eigenvalue weighted by Crippen LogP contribution is -2.36. The first-order chi connectivity index (χ1) is 6.52. The van der Waals surface area contributed by atoms with Crippen molar-refractivity contribution in [2.75, 3.05) is 6.54 Å². The summed E-state index contributed by atoms with van der Waals surface area (Å²) >= 11 is 0. The normalized spacial score (nSPS) is 12.1. The molecule has 2 nitrogen and oxygen atoms in total. The van der Waals surface area contributed by atoms with Gasteiger partial charge in [-0.05, 0) is 11.6 Å². The third-order valence-electron chi connectivity index (χ3n) is 2.40. The summed E-state index contributed by atoms with van der Waals surface area (Å²) in [6.07, 6.45) is 3.76. The van der Waals surface area contributed by atoms with Gasteiger partial charge in [-0.25, -0.2) is 0 Å². The van der Waals surface area contributed by atoms with Gasteiger partial charge in [0.2, 0.25) is 0 Å². The van der Waals surface area contributed by atoms with E-state index in [-0.39, 0.29) is 5.41 Å². The molecule has 0 aliphatic heterocycles. The zero-order valence-electron chi connectivity index (χ0n) is 9.54. The van der Waals surface area contributed by atoms with Crippen LogP contribution >= 0.6 is 0 Å². The largest absolute Gasteiger partial charge is 0.314 e. The highest BCUT2D eigenvalue weighted by Gasteiger charge is 2.20. The first-order valence-electron chi connectivity index (χ1n) is 5.16. The summed E-state index contributed by atoms with van der Waals surface area (Å²) in [5.74, 6) is 0. The number of rotatable bonds is 4. The number of nitrogens with one attached hydrogen (secondary N) is 1. The molecule has 1 aromatic heterocycles. The second-order valence-corrected chi connectivity index (χ2v) is 4.66. The molecule has 0 radical (unpaired) electrons. The lowest BCUT2D eigenvalue weighted by atomic mass is 9.85. The van der Waals surface area contributed by atoms with E-state index in [0.29, 0.717) is 6.04 Å². The Morgan fingerprint density at radius 1 is 1.43 bits per heavy atom. The maximum atomic E-state index is 4.15. The second kappa shape index (κ2) is 4.56. The summed E-state index contributed by atoms with van der Waals surface area (Å²) in [5, 5.41) is 3.46. The van der Waals surface area contributed by atoms with Gasteiger partial charge in [0.15, 0.2) is 0 Å². The van der Waals surface area contributed by atoms with E-state index in [9.17, 15) is 0 Å². The van der Waals surface area contributed by atoms with Crippen LogP contribution in [0.3, 0.4) is 0 Å². The molecule has 78 valence electrons. The highest BCUT2D eigenvalue weighted by atomic mass is 14.9. The molecule has 0 saturated carbocycles. The summed E-state index contributed by atoms with van der Waals surface area (Å²) in [5.41, 5.74) is 1.44. The number of pyridine rings is 1. The van der Waals surface area contributed by atoms with Crippen molar-refractivity contribution in [3.05, 3.63) is 30.1 Å². The van der Waals surface area contributed by atoms with E-state index in [1.165, 1.54) is 5.56 Å². The molecule has 0 bridgehead atoms. The SMILES string of the molecule is CC(C)NCC(C)(C)c1cccnc1. The molecule has 0 fully saturated rings. The van der Waals surface area contributed by atoms with E-state index in [1.807, 2.05) is 18.5 Å². The first-order valence-corrected chi connectivity index (χ1v) is 5.16. The Kier molecular flexibility index (Phi) is 3.64. The number of aromatic nitrogens is 1. The Balaban J connectivity index is 2.66. The van der Waals surface area contributed by atoms with Gasteiger partial charge in [-0.1, -0.05) is 33.8 Å². The van der Waals surface area contributed by atoms with Crippen LogP contribution in [0.4, 0.5) is 0 Å². The zero-order valence-corrected chi connectivity index (χ0v) is 9.54. The van der Waals surface area contributed by atoms with Crippen LogP contribution in [0.1, 0.15) is 33.3 Å². The Bertz CT molecular complexity index is 265. The van der Waals surface area contributed by atoms with Crippen LogP contribution in [-0.2, 0) is 5.41 Å². The summed E-state index contributed by atoms with van der Waals surface area (Å²) in [7, 11) is 0. The van der Waals surface area contributed by atoms with Gasteiger partial charge in [0.05, 0.1) is 0 Å². The molecular weight excluding hydrogens is 172 g/mol. The third-order valence-corrected chi connectivity index (χ3v) is 2.40. The van der Waals surface area contributed by atoms with Crippen LogP contribution in [0.2, 0.25) is 0 Å². The minimum atomic E-state index is 0.151. The van der Waals surface area contributed by atoms with E-state index in [0.717, 1.165) is 6.54 Å². The summed E-state index contributed by atoms with van der Waals surface area (Å²) in [4.78, 5) is 4.15. The van der Waals surface area contributed by atoms with Crippen molar-refractivity contribution in [3.63, 3.8) is 0 Å². The quantitative estimate of drug-likeness (QED) is 0.792. The van der Waals surface area contributed by atoms with Gasteiger partial charge >= 0.3 is 0 Å². The van der Waals surface area contributed by atoms with Crippen molar-refractivity contribution in [2.45, 2.75) is 39.2 Å². The fraction of sp³-hybridized carbons (Fsp3) is 0.583. The van der Waals surface area contributed by atoms with Crippen molar-refractivity contribution in [1.82, 2.24) is 10.3 Å². The van der Waals surface area contributed by atoms with Gasteiger partial charge in [0, 0.05) is 30.4 Å². The number of nitrogens with zero attached hydrogens (tertiary/aromatic N) is 1. The minimum Gasteiger partial charge on any atom is -0.314 e. The van der Waals surface area contributed by atoms with Crippen molar-refractivity contribution < 1.29 is 0 Å². The minimum absolute atomic E-state index is 0.151. The van der Waals surface area contributed by atoms with E-state index >= 15 is 0 Å². The van der Waals surface area contributed by atoms with Crippen molar-refractivity contribution in [2.24, 2.45) is 0 Å². The molecule has 2 heteroatoms. The average molecular weight is 192 g/mol. The molecule has 0 saturated heterocycles. The topological polar surface area (TPSA) is 24.9 Å². The molecule has 0 aliphatic rings. The third kappa shape index (κ3) is 3.11. The smallest absolute Gasteiger partial charge is 0.0305 e. The molecule has 1 aromatic rings. The van der Waals surface area contributed by atoms with Crippen LogP contribution in [0.5, 0.6) is 0 Å². The number of hydrogen-bond donors (Lipinski definition) is 1. The van der Waals surface area contributed by atoms with Crippen molar-refractivity contribution in [1.29, 1.82) is 0 Å². The Hall–Kier alpha value is -0.890. The fourth-order valence-corrected chi connectivity index (χ4v) is 1.32. The van der Waals surface area contributed by atoms with Crippen LogP contribution in [0, 0.1) is 0 Å². The molecule has 1 N–H and O–H groups in total. The molecule has 0 amide bonds. The Morgan fingerprint density at radius 3 is 2.64 bits per heavy atom. The molecule has 0 aromatic carbocycles. The Labute approximate surface area is 86.8 Å². The van der Waals surface area contributed by atoms with Gasteiger partial charge in [-0.3, -0.25) is 4.98 Å². The highest BCUT2D eigenvalue weighted by Crippen LogP contribution is 2.20. The molecule has 0 spiro atoms. The predicted molar refractivity (Wildman–Crippen MR) is 60.4 cm³/mol. The van der Waals surface area contributed by atoms with Gasteiger partial charge in [0.1, 0.15) is 0 Å². The Morgan fingerprint density at radius 2 is 2.14 bits per heavy atom. The summed E-state index contributed by atoms with van der Waals surface area (Å²) in [6, 6.07) is 4.66. The molecule has 0 atom stereocenters. The lowest BCUT2D eigenvalue weighted by molar-refractivity contribution is 0.440. The number of hydrogen-bond acceptors (Lipinski definition) is 2. The van der Waals surface area contributed by atoms with Crippen molar-refractivity contribution >= 4 is 0 Å². The highest BCUT2D eigenvalue weighted by molar-refractivity contribution is 5.19. The lowest BCUT2D eigenvalue weighted by Gasteiger charge is -2.26. The first kappa shape index (κ1) is 11.2. The fourth-order valence-electron chi connectivity index (χ4n) is 1.32. The summed E-state index contributed by atoms with van der Waals surface area (Å²) in [6.45, 7) is 9.79. The molecule has 0 unspecified atom stereocenters. The van der Waals surface area contributed by atoms with Crippen molar-refractivity contribution in [3.8, 4) is 0 Å². The average Bonchev–Trinajstić information content (AvgIpc) is 2.16. The van der Waals surface area contributed by atoms with E-state index in [2.05, 4.69) is 44.1 Å². The van der Waals surface area contributed by atoms with Crippen LogP contribution in [0.25, 0.3) is 0 Å². The van der Waals surface area contributed by atoms with Crippen LogP contribution < -0.4 is 5.32 Å². The van der Waals surface area contributed by atoms with Crippen LogP contribution in [-0.4, -0.2) is 17.6 Å². The van der Waals surface area contributed by atoms with Gasteiger partial charge in [-0.15, -0.1) is 0 Å². The molecule has 1 heterocycles. The maximum Gasteiger partial charge on any atom is 0.0305 e. The van der Waals surface area contributed by atoms with Gasteiger partial charge in [-0.2, -0.15) is 0 Å². The van der Waals surface area contributed by atoms with E-state index in [1.54, 1.807) is 0 Å². The zero-order chi connectivity index (χ0) is 10.6. The second-order valence-electron chi connectivity index (χ2n) is 4.66. The maximum absolute atomic E-state index is 4.15. The van der Waals surface area contributed by atoms with Crippen LogP contribution in [0.15, 0.2) is 24.5 Å². The molecule has 14 heavy (non-hydrogen) atoms. The standard InChI is InChI=1S/C12H20N2/c1-10(2)14-9-12(3,4)11-6-5-7-13-8-11/h5-8,10,14H,9H2,1-4H3. The molecular formula is C12H20N2. The predicted octanol–water partition coefficient (Wildman–Crippen LogP) is 2.36. The van der Waals surface area contributed by atoms with Gasteiger partial charge in [0.25, 0.3) is 0 Å². The molecule has 0 aliphatic carbocycles. The summed E-state index contributed by atoms with van der Waals surface area (Å²) < 4.78 is 0. The van der Waals surface area contributed by atoms with E-state index < -0.39 is 0 Å².